The van der Waals surface area contributed by atoms with Crippen LogP contribution < -0.4 is 0 Å². The van der Waals surface area contributed by atoms with Crippen molar-refractivity contribution in [2.45, 2.75) is 36.8 Å². The summed E-state index contributed by atoms with van der Waals surface area (Å²) in [6, 6.07) is 7.83. The Bertz CT molecular complexity index is 1200. The van der Waals surface area contributed by atoms with E-state index in [4.69, 9.17) is 4.74 Å². The Balaban J connectivity index is 1.65. The van der Waals surface area contributed by atoms with Gasteiger partial charge in [-0.05, 0) is 55.0 Å². The molecule has 2 atom stereocenters. The first-order valence-corrected chi connectivity index (χ1v) is 11.1. The molecule has 7 nitrogen and oxygen atoms in total. The minimum Gasteiger partial charge on any atom is -0.368 e. The molecule has 1 saturated heterocycles. The van der Waals surface area contributed by atoms with Gasteiger partial charge >= 0.3 is 0 Å². The van der Waals surface area contributed by atoms with E-state index in [1.54, 1.807) is 6.07 Å². The summed E-state index contributed by atoms with van der Waals surface area (Å²) in [5.74, 6) is -1.45. The van der Waals surface area contributed by atoms with Gasteiger partial charge < -0.3 is 4.74 Å². The highest BCUT2D eigenvalue weighted by Crippen LogP contribution is 2.43. The Morgan fingerprint density at radius 1 is 1.26 bits per heavy atom. The maximum atomic E-state index is 14.7. The number of nitrogens with zero attached hydrogens (tertiary/aromatic N) is 3. The smallest absolute Gasteiger partial charge is 0.294 e. The summed E-state index contributed by atoms with van der Waals surface area (Å²) >= 11 is 0. The Morgan fingerprint density at radius 3 is 2.74 bits per heavy atom. The average Bonchev–Trinajstić information content (AvgIpc) is 3.33. The molecule has 1 aliphatic heterocycles. The standard InChI is InChI=1S/C21H21F2N3O4S/c1-14-2-4-18(31(27,28)29)7-16(14)6-15-9-21(30-10-15,11-26-13-24-12-25-26)19-5-3-17(22)8-20(19)23/h2-5,7-8,12-13,15H,6,9-11H2,1H3,(H,27,28,29)/t15-,21-/m0/s1. The number of ether oxygens (including phenoxy) is 1. The van der Waals surface area contributed by atoms with Crippen LogP contribution in [0, 0.1) is 24.5 Å². The van der Waals surface area contributed by atoms with Crippen LogP contribution in [0.3, 0.4) is 0 Å². The lowest BCUT2D eigenvalue weighted by Crippen LogP contribution is -2.32. The fourth-order valence-corrected chi connectivity index (χ4v) is 4.68. The molecule has 0 saturated carbocycles. The number of rotatable bonds is 6. The van der Waals surface area contributed by atoms with Crippen LogP contribution in [0.5, 0.6) is 0 Å². The van der Waals surface area contributed by atoms with Crippen molar-refractivity contribution in [1.29, 1.82) is 0 Å². The van der Waals surface area contributed by atoms with Crippen LogP contribution in [-0.4, -0.2) is 34.3 Å². The maximum Gasteiger partial charge on any atom is 0.294 e. The van der Waals surface area contributed by atoms with E-state index in [-0.39, 0.29) is 22.9 Å². The minimum absolute atomic E-state index is 0.0664. The SMILES string of the molecule is Cc1ccc(S(=O)(=O)O)cc1C[C@@H]1CO[C@@](Cn2cncn2)(c2ccc(F)cc2F)C1. The zero-order chi connectivity index (χ0) is 22.2. The molecule has 0 bridgehead atoms. The molecule has 2 heterocycles. The van der Waals surface area contributed by atoms with Crippen molar-refractivity contribution in [3.8, 4) is 0 Å². The number of halogens is 2. The summed E-state index contributed by atoms with van der Waals surface area (Å²) in [6.07, 6.45) is 3.74. The van der Waals surface area contributed by atoms with E-state index >= 15 is 0 Å². The maximum absolute atomic E-state index is 14.7. The normalized spacial score (nSPS) is 21.5. The van der Waals surface area contributed by atoms with Crippen molar-refractivity contribution in [2.24, 2.45) is 5.92 Å². The third-order valence-corrected chi connectivity index (χ3v) is 6.50. The molecule has 164 valence electrons. The highest BCUT2D eigenvalue weighted by Gasteiger charge is 2.44. The molecule has 0 unspecified atom stereocenters. The Morgan fingerprint density at radius 2 is 2.06 bits per heavy atom. The van der Waals surface area contributed by atoms with E-state index in [1.807, 2.05) is 6.92 Å². The molecule has 0 aliphatic carbocycles. The van der Waals surface area contributed by atoms with Gasteiger partial charge in [0.15, 0.2) is 0 Å². The van der Waals surface area contributed by atoms with E-state index in [0.717, 1.165) is 17.2 Å². The lowest BCUT2D eigenvalue weighted by atomic mass is 9.84. The number of benzene rings is 2. The van der Waals surface area contributed by atoms with Crippen LogP contribution in [0.1, 0.15) is 23.1 Å². The summed E-state index contributed by atoms with van der Waals surface area (Å²) in [5.41, 5.74) is 0.773. The fraction of sp³-hybridized carbons (Fsp3) is 0.333. The van der Waals surface area contributed by atoms with Crippen molar-refractivity contribution in [1.82, 2.24) is 14.8 Å². The number of hydrogen-bond acceptors (Lipinski definition) is 5. The fourth-order valence-electron chi connectivity index (χ4n) is 4.15. The van der Waals surface area contributed by atoms with Gasteiger partial charge in [0.2, 0.25) is 0 Å². The highest BCUT2D eigenvalue weighted by molar-refractivity contribution is 7.85. The second-order valence-corrected chi connectivity index (χ2v) is 9.28. The molecule has 1 N–H and O–H groups in total. The van der Waals surface area contributed by atoms with Crippen LogP contribution in [0.15, 0.2) is 53.9 Å². The molecular weight excluding hydrogens is 428 g/mol. The summed E-state index contributed by atoms with van der Waals surface area (Å²) in [7, 11) is -4.32. The zero-order valence-electron chi connectivity index (χ0n) is 16.7. The summed E-state index contributed by atoms with van der Waals surface area (Å²) < 4.78 is 68.2. The van der Waals surface area contributed by atoms with Gasteiger partial charge in [-0.3, -0.25) is 4.55 Å². The van der Waals surface area contributed by atoms with E-state index in [1.165, 1.54) is 41.6 Å². The van der Waals surface area contributed by atoms with Gasteiger partial charge in [-0.25, -0.2) is 18.4 Å². The van der Waals surface area contributed by atoms with Crippen LogP contribution in [0.4, 0.5) is 8.78 Å². The molecule has 0 radical (unpaired) electrons. The molecule has 0 amide bonds. The van der Waals surface area contributed by atoms with Gasteiger partial charge in [-0.1, -0.05) is 12.1 Å². The summed E-state index contributed by atoms with van der Waals surface area (Å²) in [5, 5.41) is 4.09. The summed E-state index contributed by atoms with van der Waals surface area (Å²) in [4.78, 5) is 3.74. The molecule has 3 aromatic rings. The predicted octanol–water partition coefficient (Wildman–Crippen LogP) is 3.29. The third-order valence-electron chi connectivity index (χ3n) is 5.65. The minimum atomic E-state index is -4.32. The zero-order valence-corrected chi connectivity index (χ0v) is 17.5. The van der Waals surface area contributed by atoms with Crippen LogP contribution >= 0.6 is 0 Å². The third kappa shape index (κ3) is 4.51. The molecule has 4 rings (SSSR count). The van der Waals surface area contributed by atoms with E-state index in [9.17, 15) is 21.8 Å². The number of aryl methyl sites for hydroxylation is 1. The molecule has 10 heteroatoms. The van der Waals surface area contributed by atoms with Crippen molar-refractivity contribution >= 4 is 10.1 Å². The monoisotopic (exact) mass is 449 g/mol. The Hall–Kier alpha value is -2.69. The van der Waals surface area contributed by atoms with Gasteiger partial charge in [0, 0.05) is 11.6 Å². The number of hydrogen-bond donors (Lipinski definition) is 1. The van der Waals surface area contributed by atoms with Crippen molar-refractivity contribution in [2.75, 3.05) is 6.61 Å². The lowest BCUT2D eigenvalue weighted by Gasteiger charge is -2.29. The molecule has 1 aromatic heterocycles. The second kappa shape index (κ2) is 8.10. The topological polar surface area (TPSA) is 94.3 Å². The van der Waals surface area contributed by atoms with E-state index in [2.05, 4.69) is 10.1 Å². The highest BCUT2D eigenvalue weighted by atomic mass is 32.2. The molecular formula is C21H21F2N3O4S. The van der Waals surface area contributed by atoms with Crippen molar-refractivity contribution < 1.29 is 26.5 Å². The molecule has 1 fully saturated rings. The molecule has 2 aromatic carbocycles. The second-order valence-electron chi connectivity index (χ2n) is 7.86. The molecule has 1 aliphatic rings. The van der Waals surface area contributed by atoms with Crippen LogP contribution in [0.2, 0.25) is 0 Å². The lowest BCUT2D eigenvalue weighted by molar-refractivity contribution is -0.0204. The Kier molecular flexibility index (Phi) is 5.63. The van der Waals surface area contributed by atoms with Gasteiger partial charge in [-0.15, -0.1) is 0 Å². The average molecular weight is 449 g/mol. The first kappa shape index (κ1) is 21.5. The first-order valence-electron chi connectivity index (χ1n) is 9.65. The van der Waals surface area contributed by atoms with E-state index in [0.29, 0.717) is 19.4 Å². The van der Waals surface area contributed by atoms with Gasteiger partial charge in [-0.2, -0.15) is 13.5 Å². The predicted molar refractivity (Wildman–Crippen MR) is 107 cm³/mol. The Labute approximate surface area is 178 Å². The van der Waals surface area contributed by atoms with Crippen molar-refractivity contribution in [3.63, 3.8) is 0 Å². The van der Waals surface area contributed by atoms with Gasteiger partial charge in [0.1, 0.15) is 29.9 Å². The largest absolute Gasteiger partial charge is 0.368 e. The van der Waals surface area contributed by atoms with Crippen LogP contribution in [-0.2, 0) is 33.4 Å². The molecule has 0 spiro atoms. The van der Waals surface area contributed by atoms with E-state index < -0.39 is 27.4 Å². The molecule has 31 heavy (non-hydrogen) atoms. The van der Waals surface area contributed by atoms with Gasteiger partial charge in [0.05, 0.1) is 18.0 Å². The van der Waals surface area contributed by atoms with Crippen molar-refractivity contribution in [3.05, 3.63) is 77.4 Å². The summed E-state index contributed by atoms with van der Waals surface area (Å²) in [6.45, 7) is 2.33. The van der Waals surface area contributed by atoms with Crippen LogP contribution in [0.25, 0.3) is 0 Å². The quantitative estimate of drug-likeness (QED) is 0.581. The van der Waals surface area contributed by atoms with Gasteiger partial charge in [0.25, 0.3) is 10.1 Å². The number of aromatic nitrogens is 3. The first-order chi connectivity index (χ1) is 14.7.